The van der Waals surface area contributed by atoms with Crippen LogP contribution < -0.4 is 15.1 Å². The zero-order valence-corrected chi connectivity index (χ0v) is 28.2. The van der Waals surface area contributed by atoms with E-state index in [-0.39, 0.29) is 23.9 Å². The number of carbonyl (C=O) groups excluding carboxylic acids is 1. The third-order valence-corrected chi connectivity index (χ3v) is 12.8. The number of benzene rings is 1. The largest absolute Gasteiger partial charge is 0.390 e. The average molecular weight is 648 g/mol. The summed E-state index contributed by atoms with van der Waals surface area (Å²) in [6.07, 6.45) is 9.35. The van der Waals surface area contributed by atoms with Crippen LogP contribution in [-0.2, 0) is 14.6 Å². The monoisotopic (exact) mass is 647 g/mol. The first-order valence-electron chi connectivity index (χ1n) is 16.1. The van der Waals surface area contributed by atoms with Gasteiger partial charge >= 0.3 is 0 Å². The molecule has 0 saturated carbocycles. The molecule has 5 heterocycles. The second-order valence-electron chi connectivity index (χ2n) is 13.9. The minimum absolute atomic E-state index is 0.0137. The highest BCUT2D eigenvalue weighted by molar-refractivity contribution is 7.92. The molecule has 3 aliphatic rings. The third kappa shape index (κ3) is 5.81. The Kier molecular flexibility index (Phi) is 8.25. The fourth-order valence-corrected chi connectivity index (χ4v) is 8.04. The van der Waals surface area contributed by atoms with Crippen LogP contribution in [0.1, 0.15) is 65.0 Å². The number of fused-ring (bicyclic) bond motifs is 1. The number of aliphatic hydroxyl groups is 1. The lowest BCUT2D eigenvalue weighted by molar-refractivity contribution is -0.126. The van der Waals surface area contributed by atoms with Crippen molar-refractivity contribution in [3.05, 3.63) is 54.9 Å². The second kappa shape index (κ2) is 11.8. The number of sulfone groups is 1. The van der Waals surface area contributed by atoms with E-state index < -0.39 is 20.2 Å². The predicted octanol–water partition coefficient (Wildman–Crippen LogP) is 4.62. The Morgan fingerprint density at radius 3 is 2.54 bits per heavy atom. The van der Waals surface area contributed by atoms with E-state index in [2.05, 4.69) is 45.7 Å². The minimum Gasteiger partial charge on any atom is -0.390 e. The van der Waals surface area contributed by atoms with Gasteiger partial charge in [0.15, 0.2) is 9.84 Å². The number of pyridine rings is 1. The molecule has 0 unspecified atom stereocenters. The summed E-state index contributed by atoms with van der Waals surface area (Å²) in [5, 5.41) is 15.7. The lowest BCUT2D eigenvalue weighted by Gasteiger charge is -2.54. The van der Waals surface area contributed by atoms with Crippen molar-refractivity contribution in [2.75, 3.05) is 47.6 Å². The van der Waals surface area contributed by atoms with E-state index in [9.17, 15) is 18.3 Å². The number of rotatable bonds is 8. The fourth-order valence-electron chi connectivity index (χ4n) is 7.22. The van der Waals surface area contributed by atoms with E-state index in [1.165, 1.54) is 12.3 Å². The van der Waals surface area contributed by atoms with Gasteiger partial charge in [-0.3, -0.25) is 4.79 Å². The summed E-state index contributed by atoms with van der Waals surface area (Å²) < 4.78 is 24.4. The number of hydrogen-bond acceptors (Lipinski definition) is 10. The van der Waals surface area contributed by atoms with E-state index in [4.69, 9.17) is 9.97 Å². The number of carbonyl (C=O) groups is 1. The molecular formula is C34H45N7O4S. The summed E-state index contributed by atoms with van der Waals surface area (Å²) >= 11 is 0. The van der Waals surface area contributed by atoms with Crippen molar-refractivity contribution in [1.82, 2.24) is 19.9 Å². The van der Waals surface area contributed by atoms with Gasteiger partial charge in [0.1, 0.15) is 11.6 Å². The molecule has 6 rings (SSSR count). The van der Waals surface area contributed by atoms with Crippen LogP contribution in [0.3, 0.4) is 0 Å². The number of anilines is 4. The zero-order chi connectivity index (χ0) is 33.0. The van der Waals surface area contributed by atoms with Gasteiger partial charge in [0.2, 0.25) is 11.9 Å². The number of aromatic nitrogens is 3. The normalized spacial score (nSPS) is 23.3. The molecule has 3 aromatic rings. The lowest BCUT2D eigenvalue weighted by Crippen LogP contribution is -2.64. The number of likely N-dealkylation sites (tertiary alicyclic amines) is 1. The first kappa shape index (κ1) is 32.2. The SMILES string of the molecule is C=CC(=O)N1CCC[C@H]1c1ccc(N2C[C@H](C(C)(C)S(C)(=O)=O)[C@H]2C)c2cnc(Nc3ccnc(N4CCC(C)(O)CC4)n3)cc12. The van der Waals surface area contributed by atoms with Crippen molar-refractivity contribution in [3.8, 4) is 0 Å². The first-order valence-corrected chi connectivity index (χ1v) is 18.0. The van der Waals surface area contributed by atoms with E-state index in [1.54, 1.807) is 12.3 Å². The van der Waals surface area contributed by atoms with Crippen LogP contribution in [0.4, 0.5) is 23.3 Å². The standard InChI is InChI=1S/C34H45N7O4S/c1-7-31(42)40-16-8-9-27(40)23-10-11-28(41-21-26(22(41)2)33(3,4)46(6,44)45)25-20-36-30(19-24(23)25)37-29-12-15-35-32(38-29)39-17-13-34(5,43)14-18-39/h7,10-12,15,19-20,22,26-27,43H,1,8-9,13-14,16-18,21H2,2-6H3,(H,35,36,37,38)/t22-,26+,27+/m1/s1. The van der Waals surface area contributed by atoms with E-state index >= 15 is 0 Å². The molecular weight excluding hydrogens is 602 g/mol. The van der Waals surface area contributed by atoms with Gasteiger partial charge in [-0.05, 0) is 88.6 Å². The Morgan fingerprint density at radius 2 is 1.87 bits per heavy atom. The highest BCUT2D eigenvalue weighted by Gasteiger charge is 2.50. The molecule has 0 bridgehead atoms. The molecule has 11 nitrogen and oxygen atoms in total. The summed E-state index contributed by atoms with van der Waals surface area (Å²) in [6, 6.07) is 7.94. The molecule has 12 heteroatoms. The molecule has 0 radical (unpaired) electrons. The average Bonchev–Trinajstić information content (AvgIpc) is 3.49. The summed E-state index contributed by atoms with van der Waals surface area (Å²) in [6.45, 7) is 14.0. The molecule has 1 amide bonds. The molecule has 3 atom stereocenters. The topological polar surface area (TPSA) is 132 Å². The molecule has 2 aromatic heterocycles. The van der Waals surface area contributed by atoms with Crippen molar-refractivity contribution < 1.29 is 18.3 Å². The van der Waals surface area contributed by atoms with Crippen molar-refractivity contribution in [3.63, 3.8) is 0 Å². The summed E-state index contributed by atoms with van der Waals surface area (Å²) in [4.78, 5) is 33.1. The minimum atomic E-state index is -3.25. The Hall–Kier alpha value is -3.77. The van der Waals surface area contributed by atoms with Crippen LogP contribution >= 0.6 is 0 Å². The van der Waals surface area contributed by atoms with Gasteiger partial charge in [0.25, 0.3) is 0 Å². The summed E-state index contributed by atoms with van der Waals surface area (Å²) in [5.74, 6) is 1.73. The molecule has 2 N–H and O–H groups in total. The van der Waals surface area contributed by atoms with Gasteiger partial charge in [-0.15, -0.1) is 0 Å². The molecule has 3 aliphatic heterocycles. The molecule has 46 heavy (non-hydrogen) atoms. The number of nitrogens with one attached hydrogen (secondary N) is 1. The van der Waals surface area contributed by atoms with E-state index in [1.807, 2.05) is 37.9 Å². The quantitative estimate of drug-likeness (QED) is 0.334. The van der Waals surface area contributed by atoms with Crippen molar-refractivity contribution in [1.29, 1.82) is 0 Å². The molecule has 246 valence electrons. The van der Waals surface area contributed by atoms with Gasteiger partial charge in [0, 0.05) is 67.9 Å². The maximum absolute atomic E-state index is 12.8. The molecule has 3 saturated heterocycles. The zero-order valence-electron chi connectivity index (χ0n) is 27.4. The maximum Gasteiger partial charge on any atom is 0.246 e. The van der Waals surface area contributed by atoms with Gasteiger partial charge in [0.05, 0.1) is 16.4 Å². The van der Waals surface area contributed by atoms with Gasteiger partial charge in [-0.1, -0.05) is 12.6 Å². The van der Waals surface area contributed by atoms with Crippen molar-refractivity contribution in [2.45, 2.75) is 75.8 Å². The summed E-state index contributed by atoms with van der Waals surface area (Å²) in [5.41, 5.74) is 1.37. The predicted molar refractivity (Wildman–Crippen MR) is 182 cm³/mol. The first-order chi connectivity index (χ1) is 21.7. The number of nitrogens with zero attached hydrogens (tertiary/aromatic N) is 6. The van der Waals surface area contributed by atoms with Crippen LogP contribution in [-0.4, -0.2) is 88.1 Å². The Labute approximate surface area is 271 Å². The smallest absolute Gasteiger partial charge is 0.246 e. The van der Waals surface area contributed by atoms with Crippen molar-refractivity contribution >= 4 is 49.8 Å². The highest BCUT2D eigenvalue weighted by Crippen LogP contribution is 2.45. The van der Waals surface area contributed by atoms with Crippen LogP contribution in [0, 0.1) is 5.92 Å². The van der Waals surface area contributed by atoms with Gasteiger partial charge in [-0.2, -0.15) is 4.98 Å². The number of piperidine rings is 1. The molecule has 0 spiro atoms. The van der Waals surface area contributed by atoms with Crippen molar-refractivity contribution in [2.24, 2.45) is 5.92 Å². The summed E-state index contributed by atoms with van der Waals surface area (Å²) in [7, 11) is -3.25. The number of amides is 1. The molecule has 0 aliphatic carbocycles. The second-order valence-corrected chi connectivity index (χ2v) is 16.5. The van der Waals surface area contributed by atoms with E-state index in [0.29, 0.717) is 56.6 Å². The van der Waals surface area contributed by atoms with Crippen LogP contribution in [0.15, 0.2) is 49.3 Å². The maximum atomic E-state index is 12.8. The van der Waals surface area contributed by atoms with E-state index in [0.717, 1.165) is 34.9 Å². The fraction of sp³-hybridized carbons (Fsp3) is 0.529. The van der Waals surface area contributed by atoms with Gasteiger partial charge < -0.3 is 25.1 Å². The van der Waals surface area contributed by atoms with Crippen LogP contribution in [0.25, 0.3) is 10.8 Å². The lowest BCUT2D eigenvalue weighted by atomic mass is 9.79. The highest BCUT2D eigenvalue weighted by atomic mass is 32.2. The van der Waals surface area contributed by atoms with Crippen LogP contribution in [0.2, 0.25) is 0 Å². The Bertz CT molecular complexity index is 1770. The molecule has 1 aromatic carbocycles. The third-order valence-electron chi connectivity index (χ3n) is 10.6. The van der Waals surface area contributed by atoms with Gasteiger partial charge in [-0.25, -0.2) is 18.4 Å². The van der Waals surface area contributed by atoms with Crippen LogP contribution in [0.5, 0.6) is 0 Å². The number of hydrogen-bond donors (Lipinski definition) is 2. The molecule has 3 fully saturated rings. The Balaban J connectivity index is 1.35. The Morgan fingerprint density at radius 1 is 1.13 bits per heavy atom.